The van der Waals surface area contributed by atoms with Gasteiger partial charge in [0.05, 0.1) is 11.9 Å². The van der Waals surface area contributed by atoms with Crippen molar-refractivity contribution < 1.29 is 5.32 Å². The second kappa shape index (κ2) is 7.86. The molecule has 1 aliphatic rings. The summed E-state index contributed by atoms with van der Waals surface area (Å²) in [5, 5.41) is 7.09. The van der Waals surface area contributed by atoms with E-state index in [1.165, 1.54) is 25.7 Å². The number of fused-ring (bicyclic) bond motifs is 1. The van der Waals surface area contributed by atoms with E-state index in [9.17, 15) is 4.79 Å². The molecule has 0 saturated heterocycles. The third kappa shape index (κ3) is 3.68. The third-order valence-corrected chi connectivity index (χ3v) is 6.83. The maximum Gasteiger partial charge on any atom is 0.260 e. The van der Waals surface area contributed by atoms with E-state index in [0.717, 1.165) is 39.4 Å². The third-order valence-electron chi connectivity index (χ3n) is 5.05. The van der Waals surface area contributed by atoms with Crippen LogP contribution in [0.3, 0.4) is 0 Å². The number of nitrogens with two attached hydrogens (primary N) is 1. The molecule has 0 aliphatic heterocycles. The summed E-state index contributed by atoms with van der Waals surface area (Å²) >= 11 is 3.21. The molecule has 0 unspecified atom stereocenters. The van der Waals surface area contributed by atoms with Crippen LogP contribution in [0.4, 0.5) is 0 Å². The second-order valence-corrected chi connectivity index (χ2v) is 8.74. The number of allylic oxidation sites excluding steroid dienone is 1. The van der Waals surface area contributed by atoms with Crippen LogP contribution in [-0.4, -0.2) is 16.5 Å². The Hall–Kier alpha value is -1.76. The van der Waals surface area contributed by atoms with Crippen molar-refractivity contribution in [2.45, 2.75) is 45.1 Å². The number of nitrogens with zero attached hydrogens (tertiary/aromatic N) is 1. The molecule has 3 heterocycles. The molecule has 1 atom stereocenters. The SMILES string of the molecule is C[C@@H]([NH2+]CCC1=CCCCC1)c1nc2scc(-c3cccs3)c2c(=O)[nH]1. The fraction of sp³-hybridized carbons (Fsp3) is 0.400. The Bertz CT molecular complexity index is 969. The molecule has 0 bridgehead atoms. The van der Waals surface area contributed by atoms with Crippen LogP contribution < -0.4 is 10.9 Å². The average Bonchev–Trinajstić information content (AvgIpc) is 3.32. The maximum atomic E-state index is 12.7. The molecule has 3 N–H and O–H groups in total. The highest BCUT2D eigenvalue weighted by molar-refractivity contribution is 7.18. The Labute approximate surface area is 161 Å². The number of rotatable bonds is 6. The summed E-state index contributed by atoms with van der Waals surface area (Å²) < 4.78 is 0. The van der Waals surface area contributed by atoms with Gasteiger partial charge in [-0.05, 0) is 44.1 Å². The topological polar surface area (TPSA) is 62.4 Å². The van der Waals surface area contributed by atoms with Crippen molar-refractivity contribution >= 4 is 32.9 Å². The van der Waals surface area contributed by atoms with Crippen molar-refractivity contribution in [3.05, 3.63) is 50.7 Å². The standard InChI is InChI=1S/C20H23N3OS2/c1-13(21-10-9-14-6-3-2-4-7-14)18-22-19(24)17-15(12-26-20(17)23-18)16-8-5-11-25-16/h5-6,8,11-13,21H,2-4,7,9-10H2,1H3,(H,22,23,24)/p+1/t13-/m1/s1. The fourth-order valence-corrected chi connectivity index (χ4v) is 5.33. The van der Waals surface area contributed by atoms with Crippen molar-refractivity contribution in [2.24, 2.45) is 0 Å². The van der Waals surface area contributed by atoms with Gasteiger partial charge in [-0.3, -0.25) is 4.79 Å². The van der Waals surface area contributed by atoms with Crippen molar-refractivity contribution in [1.29, 1.82) is 0 Å². The maximum absolute atomic E-state index is 12.7. The van der Waals surface area contributed by atoms with Crippen LogP contribution in [0.2, 0.25) is 0 Å². The summed E-state index contributed by atoms with van der Waals surface area (Å²) in [7, 11) is 0. The lowest BCUT2D eigenvalue weighted by molar-refractivity contribution is -0.693. The Morgan fingerprint density at radius 1 is 1.35 bits per heavy atom. The predicted octanol–water partition coefficient (Wildman–Crippen LogP) is 4.23. The largest absolute Gasteiger partial charge is 0.337 e. The van der Waals surface area contributed by atoms with Gasteiger partial charge in [0, 0.05) is 22.2 Å². The highest BCUT2D eigenvalue weighted by atomic mass is 32.1. The van der Waals surface area contributed by atoms with E-state index in [2.05, 4.69) is 29.4 Å². The minimum Gasteiger partial charge on any atom is -0.337 e. The van der Waals surface area contributed by atoms with Gasteiger partial charge in [-0.25, -0.2) is 4.98 Å². The fourth-order valence-electron chi connectivity index (χ4n) is 3.56. The Morgan fingerprint density at radius 2 is 2.27 bits per heavy atom. The zero-order valence-corrected chi connectivity index (χ0v) is 16.6. The number of thiophene rings is 2. The van der Waals surface area contributed by atoms with E-state index in [1.54, 1.807) is 28.2 Å². The van der Waals surface area contributed by atoms with Gasteiger partial charge in [-0.1, -0.05) is 17.7 Å². The summed E-state index contributed by atoms with van der Waals surface area (Å²) in [5.74, 6) is 0.778. The van der Waals surface area contributed by atoms with E-state index in [4.69, 9.17) is 4.98 Å². The lowest BCUT2D eigenvalue weighted by atomic mass is 9.97. The minimum atomic E-state index is -0.0233. The van der Waals surface area contributed by atoms with Crippen LogP contribution in [0.15, 0.2) is 39.3 Å². The Morgan fingerprint density at radius 3 is 3.04 bits per heavy atom. The summed E-state index contributed by atoms with van der Waals surface area (Å²) in [6.45, 7) is 3.16. The van der Waals surface area contributed by atoms with Crippen LogP contribution >= 0.6 is 22.7 Å². The normalized spacial score (nSPS) is 16.0. The van der Waals surface area contributed by atoms with E-state index in [1.807, 2.05) is 16.8 Å². The number of aromatic amines is 1. The van der Waals surface area contributed by atoms with Gasteiger partial charge >= 0.3 is 0 Å². The van der Waals surface area contributed by atoms with Gasteiger partial charge in [0.2, 0.25) is 0 Å². The van der Waals surface area contributed by atoms with Gasteiger partial charge in [0.15, 0.2) is 5.82 Å². The van der Waals surface area contributed by atoms with Crippen LogP contribution in [0, 0.1) is 0 Å². The lowest BCUT2D eigenvalue weighted by Gasteiger charge is -2.14. The quantitative estimate of drug-likeness (QED) is 0.623. The van der Waals surface area contributed by atoms with Crippen molar-refractivity contribution in [3.63, 3.8) is 0 Å². The van der Waals surface area contributed by atoms with Gasteiger partial charge in [-0.2, -0.15) is 0 Å². The molecule has 26 heavy (non-hydrogen) atoms. The van der Waals surface area contributed by atoms with Crippen LogP contribution in [0.25, 0.3) is 20.7 Å². The Kier molecular flexibility index (Phi) is 5.33. The van der Waals surface area contributed by atoms with Crippen LogP contribution in [-0.2, 0) is 0 Å². The molecule has 4 rings (SSSR count). The minimum absolute atomic E-state index is 0.0233. The Balaban J connectivity index is 1.50. The first-order valence-corrected chi connectivity index (χ1v) is 11.0. The monoisotopic (exact) mass is 386 g/mol. The summed E-state index contributed by atoms with van der Waals surface area (Å²) in [6.07, 6.45) is 8.70. The molecule has 136 valence electrons. The predicted molar refractivity (Wildman–Crippen MR) is 110 cm³/mol. The molecular formula is C20H24N3OS2+. The van der Waals surface area contributed by atoms with E-state index in [0.29, 0.717) is 0 Å². The number of hydrogen-bond acceptors (Lipinski definition) is 4. The molecule has 0 spiro atoms. The number of quaternary nitrogens is 1. The number of aromatic nitrogens is 2. The molecule has 0 fully saturated rings. The highest BCUT2D eigenvalue weighted by Gasteiger charge is 2.18. The molecule has 0 aromatic carbocycles. The summed E-state index contributed by atoms with van der Waals surface area (Å²) in [6, 6.07) is 4.22. The van der Waals surface area contributed by atoms with Gasteiger partial charge in [0.25, 0.3) is 5.56 Å². The molecule has 3 aromatic heterocycles. The summed E-state index contributed by atoms with van der Waals surface area (Å²) in [4.78, 5) is 22.4. The average molecular weight is 387 g/mol. The number of H-pyrrole nitrogens is 1. The van der Waals surface area contributed by atoms with Crippen molar-refractivity contribution in [2.75, 3.05) is 6.54 Å². The van der Waals surface area contributed by atoms with Crippen molar-refractivity contribution in [1.82, 2.24) is 9.97 Å². The molecule has 0 amide bonds. The molecule has 4 nitrogen and oxygen atoms in total. The number of hydrogen-bond donors (Lipinski definition) is 2. The van der Waals surface area contributed by atoms with Gasteiger partial charge < -0.3 is 10.3 Å². The van der Waals surface area contributed by atoms with Crippen molar-refractivity contribution in [3.8, 4) is 10.4 Å². The summed E-state index contributed by atoms with van der Waals surface area (Å²) in [5.41, 5.74) is 2.57. The van der Waals surface area contributed by atoms with E-state index in [-0.39, 0.29) is 11.6 Å². The van der Waals surface area contributed by atoms with Crippen LogP contribution in [0.5, 0.6) is 0 Å². The van der Waals surface area contributed by atoms with Gasteiger partial charge in [-0.15, -0.1) is 22.7 Å². The molecule has 6 heteroatoms. The highest BCUT2D eigenvalue weighted by Crippen LogP contribution is 2.33. The smallest absolute Gasteiger partial charge is 0.260 e. The molecule has 1 aliphatic carbocycles. The molecule has 0 radical (unpaired) electrons. The number of nitrogens with one attached hydrogen (secondary N) is 1. The second-order valence-electron chi connectivity index (χ2n) is 6.93. The van der Waals surface area contributed by atoms with E-state index >= 15 is 0 Å². The first-order chi connectivity index (χ1) is 12.7. The molecular weight excluding hydrogens is 362 g/mol. The zero-order valence-electron chi connectivity index (χ0n) is 15.0. The first-order valence-electron chi connectivity index (χ1n) is 9.29. The van der Waals surface area contributed by atoms with E-state index < -0.39 is 0 Å². The first kappa shape index (κ1) is 17.6. The van der Waals surface area contributed by atoms with Crippen LogP contribution in [0.1, 0.15) is 50.9 Å². The lowest BCUT2D eigenvalue weighted by Crippen LogP contribution is -2.85. The zero-order chi connectivity index (χ0) is 17.9. The molecule has 3 aromatic rings. The molecule has 0 saturated carbocycles. The van der Waals surface area contributed by atoms with Gasteiger partial charge in [0.1, 0.15) is 10.9 Å².